The zero-order chi connectivity index (χ0) is 16.4. The Balaban J connectivity index is 1.65. The van der Waals surface area contributed by atoms with Crippen molar-refractivity contribution < 1.29 is 26.4 Å². The van der Waals surface area contributed by atoms with E-state index in [9.17, 15) is 26.4 Å². The number of hydrogen-bond donors (Lipinski definition) is 2. The molecule has 10 heteroatoms. The summed E-state index contributed by atoms with van der Waals surface area (Å²) < 4.78 is 59.3. The summed E-state index contributed by atoms with van der Waals surface area (Å²) in [7, 11) is -3.05. The summed E-state index contributed by atoms with van der Waals surface area (Å²) in [5.41, 5.74) is 0. The van der Waals surface area contributed by atoms with Crippen LogP contribution in [0.25, 0.3) is 0 Å². The lowest BCUT2D eigenvalue weighted by molar-refractivity contribution is -0.143. The summed E-state index contributed by atoms with van der Waals surface area (Å²) in [6, 6.07) is -0.841. The zero-order valence-corrected chi connectivity index (χ0v) is 12.8. The van der Waals surface area contributed by atoms with Gasteiger partial charge in [-0.25, -0.2) is 13.2 Å². The van der Waals surface area contributed by atoms with Crippen LogP contribution in [0.3, 0.4) is 0 Å². The van der Waals surface area contributed by atoms with Gasteiger partial charge in [0.05, 0.1) is 18.1 Å². The van der Waals surface area contributed by atoms with E-state index in [0.717, 1.165) is 0 Å². The number of halogens is 3. The minimum atomic E-state index is -4.20. The minimum Gasteiger partial charge on any atom is -0.338 e. The average molecular weight is 343 g/mol. The van der Waals surface area contributed by atoms with Gasteiger partial charge in [-0.05, 0) is 25.3 Å². The summed E-state index contributed by atoms with van der Waals surface area (Å²) >= 11 is 0. The molecule has 6 nitrogen and oxygen atoms in total. The van der Waals surface area contributed by atoms with E-state index in [2.05, 4.69) is 10.6 Å². The Labute approximate surface area is 127 Å². The number of likely N-dealkylation sites (tertiary alicyclic amines) is 1. The molecule has 0 bridgehead atoms. The largest absolute Gasteiger partial charge is 0.401 e. The van der Waals surface area contributed by atoms with Crippen LogP contribution >= 0.6 is 0 Å². The molecule has 2 heterocycles. The van der Waals surface area contributed by atoms with E-state index in [1.165, 1.54) is 4.90 Å². The topological polar surface area (TPSA) is 78.5 Å². The second-order valence-corrected chi connectivity index (χ2v) is 8.19. The maximum absolute atomic E-state index is 12.3. The first-order chi connectivity index (χ1) is 10.1. The van der Waals surface area contributed by atoms with Gasteiger partial charge in [0.25, 0.3) is 0 Å². The molecular weight excluding hydrogens is 323 g/mol. The quantitative estimate of drug-likeness (QED) is 0.772. The molecule has 22 heavy (non-hydrogen) atoms. The number of amides is 2. The van der Waals surface area contributed by atoms with Gasteiger partial charge in [-0.1, -0.05) is 0 Å². The molecule has 2 fully saturated rings. The van der Waals surface area contributed by atoms with Gasteiger partial charge < -0.3 is 10.6 Å². The van der Waals surface area contributed by atoms with Gasteiger partial charge in [0, 0.05) is 19.1 Å². The fraction of sp³-hybridized carbons (Fsp3) is 0.917. The third-order valence-corrected chi connectivity index (χ3v) is 5.66. The predicted molar refractivity (Wildman–Crippen MR) is 74.2 cm³/mol. The molecule has 2 rings (SSSR count). The fourth-order valence-corrected chi connectivity index (χ4v) is 4.53. The molecule has 2 N–H and O–H groups in total. The van der Waals surface area contributed by atoms with Gasteiger partial charge >= 0.3 is 12.2 Å². The number of sulfone groups is 1. The van der Waals surface area contributed by atoms with E-state index in [0.29, 0.717) is 32.5 Å². The first-order valence-electron chi connectivity index (χ1n) is 7.17. The lowest BCUT2D eigenvalue weighted by Gasteiger charge is -2.18. The molecule has 2 aliphatic heterocycles. The van der Waals surface area contributed by atoms with Crippen LogP contribution < -0.4 is 10.6 Å². The van der Waals surface area contributed by atoms with E-state index in [-0.39, 0.29) is 23.5 Å². The van der Waals surface area contributed by atoms with Gasteiger partial charge in [-0.3, -0.25) is 4.90 Å². The Morgan fingerprint density at radius 2 is 2.00 bits per heavy atom. The smallest absolute Gasteiger partial charge is 0.338 e. The normalized spacial score (nSPS) is 28.7. The van der Waals surface area contributed by atoms with Crippen molar-refractivity contribution in [1.29, 1.82) is 0 Å². The molecule has 2 unspecified atom stereocenters. The molecule has 128 valence electrons. The number of urea groups is 1. The van der Waals surface area contributed by atoms with Crippen molar-refractivity contribution in [2.45, 2.75) is 25.1 Å². The Morgan fingerprint density at radius 3 is 2.59 bits per heavy atom. The highest BCUT2D eigenvalue weighted by Crippen LogP contribution is 2.22. The standard InChI is InChI=1S/C12H20F3N3O3S/c13-12(14,15)8-18-3-1-9(6-18)5-16-11(19)17-10-2-4-22(20,21)7-10/h9-10H,1-8H2,(H2,16,17,19). The highest BCUT2D eigenvalue weighted by molar-refractivity contribution is 7.91. The Kier molecular flexibility index (Phi) is 5.21. The van der Waals surface area contributed by atoms with Crippen LogP contribution in [0.1, 0.15) is 12.8 Å². The Hall–Kier alpha value is -1.03. The molecule has 0 spiro atoms. The van der Waals surface area contributed by atoms with Crippen molar-refractivity contribution >= 4 is 15.9 Å². The molecule has 0 aromatic rings. The zero-order valence-electron chi connectivity index (χ0n) is 12.0. The summed E-state index contributed by atoms with van der Waals surface area (Å²) in [5, 5.41) is 5.19. The second kappa shape index (κ2) is 6.61. The molecule has 2 aliphatic rings. The summed E-state index contributed by atoms with van der Waals surface area (Å²) in [6.45, 7) is 0.0429. The number of carbonyl (C=O) groups is 1. The molecule has 0 radical (unpaired) electrons. The van der Waals surface area contributed by atoms with E-state index in [1.54, 1.807) is 0 Å². The lowest BCUT2D eigenvalue weighted by atomic mass is 10.1. The van der Waals surface area contributed by atoms with E-state index in [4.69, 9.17) is 0 Å². The van der Waals surface area contributed by atoms with Crippen LogP contribution in [-0.2, 0) is 9.84 Å². The molecule has 0 aromatic heterocycles. The van der Waals surface area contributed by atoms with Gasteiger partial charge in [-0.2, -0.15) is 13.2 Å². The van der Waals surface area contributed by atoms with Crippen LogP contribution in [0.5, 0.6) is 0 Å². The number of rotatable bonds is 4. The first-order valence-corrected chi connectivity index (χ1v) is 8.99. The van der Waals surface area contributed by atoms with Gasteiger partial charge in [0.15, 0.2) is 9.84 Å². The summed E-state index contributed by atoms with van der Waals surface area (Å²) in [5.74, 6) is 0.0105. The van der Waals surface area contributed by atoms with Gasteiger partial charge in [0.2, 0.25) is 0 Å². The first kappa shape index (κ1) is 17.3. The molecule has 0 saturated carbocycles. The summed E-state index contributed by atoms with van der Waals surface area (Å²) in [4.78, 5) is 13.0. The Morgan fingerprint density at radius 1 is 1.27 bits per heavy atom. The van der Waals surface area contributed by atoms with E-state index in [1.807, 2.05) is 0 Å². The van der Waals surface area contributed by atoms with Gasteiger partial charge in [0.1, 0.15) is 0 Å². The molecule has 2 saturated heterocycles. The van der Waals surface area contributed by atoms with Crippen LogP contribution in [-0.4, -0.2) is 69.3 Å². The third kappa shape index (κ3) is 5.64. The fourth-order valence-electron chi connectivity index (χ4n) is 2.86. The highest BCUT2D eigenvalue weighted by atomic mass is 32.2. The van der Waals surface area contributed by atoms with Crippen molar-refractivity contribution in [3.05, 3.63) is 0 Å². The van der Waals surface area contributed by atoms with Crippen molar-refractivity contribution in [3.8, 4) is 0 Å². The average Bonchev–Trinajstić information content (AvgIpc) is 2.91. The number of carbonyl (C=O) groups excluding carboxylic acids is 1. The van der Waals surface area contributed by atoms with Crippen molar-refractivity contribution in [2.75, 3.05) is 37.7 Å². The number of alkyl halides is 3. The molecule has 2 atom stereocenters. The minimum absolute atomic E-state index is 0.0135. The van der Waals surface area contributed by atoms with Crippen molar-refractivity contribution in [3.63, 3.8) is 0 Å². The maximum Gasteiger partial charge on any atom is 0.401 e. The molecule has 0 aromatic carbocycles. The predicted octanol–water partition coefficient (Wildman–Crippen LogP) is 0.357. The van der Waals surface area contributed by atoms with E-state index >= 15 is 0 Å². The molecular formula is C12H20F3N3O3S. The van der Waals surface area contributed by atoms with Crippen LogP contribution in [0, 0.1) is 5.92 Å². The number of nitrogens with zero attached hydrogens (tertiary/aromatic N) is 1. The molecule has 2 amide bonds. The van der Waals surface area contributed by atoms with Gasteiger partial charge in [-0.15, -0.1) is 0 Å². The number of nitrogens with one attached hydrogen (secondary N) is 2. The van der Waals surface area contributed by atoms with Crippen molar-refractivity contribution in [2.24, 2.45) is 5.92 Å². The Bertz CT molecular complexity index is 509. The third-order valence-electron chi connectivity index (χ3n) is 3.89. The lowest BCUT2D eigenvalue weighted by Crippen LogP contribution is -2.44. The molecule has 0 aliphatic carbocycles. The second-order valence-electron chi connectivity index (χ2n) is 5.96. The van der Waals surface area contributed by atoms with Crippen LogP contribution in [0.4, 0.5) is 18.0 Å². The van der Waals surface area contributed by atoms with E-state index < -0.39 is 28.6 Å². The highest BCUT2D eigenvalue weighted by Gasteiger charge is 2.34. The maximum atomic E-state index is 12.3. The summed E-state index contributed by atoms with van der Waals surface area (Å²) in [6.07, 6.45) is -3.19. The monoisotopic (exact) mass is 343 g/mol. The van der Waals surface area contributed by atoms with Crippen molar-refractivity contribution in [1.82, 2.24) is 15.5 Å². The van der Waals surface area contributed by atoms with Crippen LogP contribution in [0.15, 0.2) is 0 Å². The SMILES string of the molecule is O=C(NCC1CCN(CC(F)(F)F)C1)NC1CCS(=O)(=O)C1. The number of hydrogen-bond acceptors (Lipinski definition) is 4. The van der Waals surface area contributed by atoms with Crippen LogP contribution in [0.2, 0.25) is 0 Å².